The van der Waals surface area contributed by atoms with E-state index < -0.39 is 17.4 Å². The molecule has 9 nitrogen and oxygen atoms in total. The number of nitrogens with two attached hydrogens (primary N) is 2. The lowest BCUT2D eigenvalue weighted by molar-refractivity contribution is -0.141. The molecule has 3 aromatic heterocycles. The lowest BCUT2D eigenvalue weighted by atomic mass is 9.89. The summed E-state index contributed by atoms with van der Waals surface area (Å²) in [6, 6.07) is 11.0. The van der Waals surface area contributed by atoms with E-state index in [-0.39, 0.29) is 17.9 Å². The molecular formula is C24H21F3N8O. The maximum absolute atomic E-state index is 13.3. The van der Waals surface area contributed by atoms with Crippen molar-refractivity contribution in [3.05, 3.63) is 78.0 Å². The lowest BCUT2D eigenvalue weighted by Crippen LogP contribution is -2.41. The molecule has 1 aliphatic heterocycles. The molecule has 4 N–H and O–H groups in total. The third-order valence-corrected chi connectivity index (χ3v) is 5.77. The number of hydrogen-bond acceptors (Lipinski definition) is 8. The van der Waals surface area contributed by atoms with E-state index in [2.05, 4.69) is 24.9 Å². The number of imidazole rings is 1. The van der Waals surface area contributed by atoms with Gasteiger partial charge >= 0.3 is 6.18 Å². The summed E-state index contributed by atoms with van der Waals surface area (Å²) in [4.78, 5) is 21.4. The topological polar surface area (TPSA) is 130 Å². The number of rotatable bonds is 5. The predicted molar refractivity (Wildman–Crippen MR) is 127 cm³/mol. The highest BCUT2D eigenvalue weighted by molar-refractivity contribution is 5.85. The van der Waals surface area contributed by atoms with E-state index in [4.69, 9.17) is 16.2 Å². The van der Waals surface area contributed by atoms with Crippen LogP contribution < -0.4 is 16.2 Å². The normalized spacial score (nSPS) is 17.9. The number of aliphatic imine (C=N–C) groups is 1. The second kappa shape index (κ2) is 8.72. The Balaban J connectivity index is 1.67. The molecule has 1 aromatic carbocycles. The van der Waals surface area contributed by atoms with Crippen molar-refractivity contribution in [2.75, 3.05) is 7.11 Å². The molecular weight excluding hydrogens is 473 g/mol. The number of aromatic nitrogens is 5. The number of alkyl halides is 3. The number of amidine groups is 1. The van der Waals surface area contributed by atoms with Crippen LogP contribution in [0.1, 0.15) is 23.4 Å². The molecule has 0 amide bonds. The third-order valence-electron chi connectivity index (χ3n) is 5.77. The summed E-state index contributed by atoms with van der Waals surface area (Å²) < 4.78 is 47.0. The fraction of sp³-hybridized carbons (Fsp3) is 0.208. The van der Waals surface area contributed by atoms with Crippen LogP contribution in [0, 0.1) is 0 Å². The standard InChI is InChI=1S/C24H21F3N8O/c1-36-15-7-5-14(6-8-15)12-35-13-31-19-20(23(29)9-10-30-18(28)11-23)33-21(34-22(19)35)16-3-2-4-17(32-16)24(25,26)27/h2-10,13H,11-12,29H2,1H3,(H2,28,30). The van der Waals surface area contributed by atoms with Crippen LogP contribution in [0.25, 0.3) is 22.7 Å². The second-order valence-corrected chi connectivity index (χ2v) is 8.35. The van der Waals surface area contributed by atoms with Gasteiger partial charge in [0.1, 0.15) is 28.5 Å². The molecule has 4 heterocycles. The molecule has 0 fully saturated rings. The molecule has 0 bridgehead atoms. The van der Waals surface area contributed by atoms with E-state index in [0.29, 0.717) is 35.0 Å². The number of ether oxygens (including phenoxy) is 1. The highest BCUT2D eigenvalue weighted by atomic mass is 19.4. The average Bonchev–Trinajstić information content (AvgIpc) is 3.26. The van der Waals surface area contributed by atoms with Gasteiger partial charge < -0.3 is 20.8 Å². The zero-order chi connectivity index (χ0) is 25.5. The van der Waals surface area contributed by atoms with Crippen molar-refractivity contribution in [2.45, 2.75) is 24.7 Å². The summed E-state index contributed by atoms with van der Waals surface area (Å²) >= 11 is 0. The van der Waals surface area contributed by atoms with Crippen LogP contribution in [0.15, 0.2) is 66.1 Å². The average molecular weight is 494 g/mol. The first-order valence-corrected chi connectivity index (χ1v) is 10.9. The van der Waals surface area contributed by atoms with Gasteiger partial charge in [-0.3, -0.25) is 0 Å². The first-order valence-electron chi connectivity index (χ1n) is 10.9. The molecule has 4 aromatic rings. The highest BCUT2D eigenvalue weighted by Gasteiger charge is 2.35. The van der Waals surface area contributed by atoms with Crippen molar-refractivity contribution in [1.29, 1.82) is 0 Å². The van der Waals surface area contributed by atoms with Crippen LogP contribution in [0.4, 0.5) is 13.2 Å². The van der Waals surface area contributed by atoms with Crippen LogP contribution in [-0.2, 0) is 18.3 Å². The quantitative estimate of drug-likeness (QED) is 0.435. The Hall–Kier alpha value is -4.32. The Kier molecular flexibility index (Phi) is 5.67. The third kappa shape index (κ3) is 4.38. The molecule has 1 atom stereocenters. The first-order chi connectivity index (χ1) is 17.2. The number of pyridine rings is 1. The van der Waals surface area contributed by atoms with Crippen molar-refractivity contribution in [2.24, 2.45) is 16.5 Å². The number of benzene rings is 1. The molecule has 5 rings (SSSR count). The van der Waals surface area contributed by atoms with Crippen LogP contribution in [-0.4, -0.2) is 37.4 Å². The number of hydrogen-bond donors (Lipinski definition) is 2. The molecule has 184 valence electrons. The van der Waals surface area contributed by atoms with E-state index in [0.717, 1.165) is 11.6 Å². The molecule has 0 radical (unpaired) electrons. The first kappa shape index (κ1) is 23.4. The van der Waals surface area contributed by atoms with Gasteiger partial charge in [-0.1, -0.05) is 18.2 Å². The second-order valence-electron chi connectivity index (χ2n) is 8.35. The summed E-state index contributed by atoms with van der Waals surface area (Å²) in [6.07, 6.45) is 0.228. The summed E-state index contributed by atoms with van der Waals surface area (Å²) in [5, 5.41) is 0. The van der Waals surface area contributed by atoms with Crippen LogP contribution in [0.2, 0.25) is 0 Å². The van der Waals surface area contributed by atoms with Crippen LogP contribution in [0.3, 0.4) is 0 Å². The largest absolute Gasteiger partial charge is 0.497 e. The number of fused-ring (bicyclic) bond motifs is 1. The van der Waals surface area contributed by atoms with Crippen LogP contribution >= 0.6 is 0 Å². The maximum Gasteiger partial charge on any atom is 0.433 e. The van der Waals surface area contributed by atoms with E-state index in [1.54, 1.807) is 24.1 Å². The van der Waals surface area contributed by atoms with Crippen LogP contribution in [0.5, 0.6) is 5.75 Å². The van der Waals surface area contributed by atoms with Crippen molar-refractivity contribution in [3.8, 4) is 17.3 Å². The minimum Gasteiger partial charge on any atom is -0.497 e. The summed E-state index contributed by atoms with van der Waals surface area (Å²) in [6.45, 7) is 0.392. The van der Waals surface area contributed by atoms with Crippen molar-refractivity contribution >= 4 is 17.0 Å². The predicted octanol–water partition coefficient (Wildman–Crippen LogP) is 3.39. The molecule has 12 heteroatoms. The Labute approximate surface area is 203 Å². The van der Waals surface area contributed by atoms with E-state index in [1.165, 1.54) is 18.3 Å². The zero-order valence-electron chi connectivity index (χ0n) is 19.1. The molecule has 1 aliphatic rings. The van der Waals surface area contributed by atoms with E-state index in [9.17, 15) is 13.2 Å². The highest BCUT2D eigenvalue weighted by Crippen LogP contribution is 2.33. The lowest BCUT2D eigenvalue weighted by Gasteiger charge is -2.27. The molecule has 0 saturated heterocycles. The molecule has 0 saturated carbocycles. The monoisotopic (exact) mass is 494 g/mol. The number of methoxy groups -OCH3 is 1. The molecule has 0 aliphatic carbocycles. The van der Waals surface area contributed by atoms with Crippen molar-refractivity contribution in [3.63, 3.8) is 0 Å². The molecule has 0 spiro atoms. The van der Waals surface area contributed by atoms with Gasteiger partial charge in [0.05, 0.1) is 31.2 Å². The minimum absolute atomic E-state index is 0.0145. The smallest absolute Gasteiger partial charge is 0.433 e. The van der Waals surface area contributed by atoms with Gasteiger partial charge in [-0.2, -0.15) is 13.2 Å². The van der Waals surface area contributed by atoms with Gasteiger partial charge in [-0.05, 0) is 35.9 Å². The van der Waals surface area contributed by atoms with E-state index >= 15 is 0 Å². The maximum atomic E-state index is 13.3. The minimum atomic E-state index is -4.62. The van der Waals surface area contributed by atoms with Gasteiger partial charge in [0.15, 0.2) is 11.5 Å². The Morgan fingerprint density at radius 2 is 1.86 bits per heavy atom. The number of halogens is 3. The number of nitrogens with zero attached hydrogens (tertiary/aromatic N) is 6. The Morgan fingerprint density at radius 3 is 2.56 bits per heavy atom. The van der Waals surface area contributed by atoms with Gasteiger partial charge in [-0.25, -0.2) is 24.9 Å². The van der Waals surface area contributed by atoms with Gasteiger partial charge in [0.2, 0.25) is 0 Å². The van der Waals surface area contributed by atoms with E-state index in [1.807, 2.05) is 24.3 Å². The van der Waals surface area contributed by atoms with Gasteiger partial charge in [-0.15, -0.1) is 0 Å². The fourth-order valence-corrected chi connectivity index (χ4v) is 3.98. The Morgan fingerprint density at radius 1 is 1.08 bits per heavy atom. The summed E-state index contributed by atoms with van der Waals surface area (Å²) in [7, 11) is 1.58. The summed E-state index contributed by atoms with van der Waals surface area (Å²) in [5.41, 5.74) is 12.4. The van der Waals surface area contributed by atoms with Gasteiger partial charge in [0, 0.05) is 12.6 Å². The van der Waals surface area contributed by atoms with Crippen molar-refractivity contribution in [1.82, 2.24) is 24.5 Å². The van der Waals surface area contributed by atoms with Gasteiger partial charge in [0.25, 0.3) is 0 Å². The SMILES string of the molecule is COc1ccc(Cn2cnc3c(C4(N)C=CN=C(N)C4)nc(-c4cccc(C(F)(F)F)n4)nc32)cc1. The summed E-state index contributed by atoms with van der Waals surface area (Å²) in [5.74, 6) is 0.993. The fourth-order valence-electron chi connectivity index (χ4n) is 3.98. The Bertz CT molecular complexity index is 1490. The molecule has 1 unspecified atom stereocenters. The van der Waals surface area contributed by atoms with Crippen molar-refractivity contribution < 1.29 is 17.9 Å². The molecule has 36 heavy (non-hydrogen) atoms. The zero-order valence-corrected chi connectivity index (χ0v) is 19.1.